The summed E-state index contributed by atoms with van der Waals surface area (Å²) in [6.45, 7) is 8.01. The number of hydrogen-bond acceptors (Lipinski definition) is 6. The first-order valence-electron chi connectivity index (χ1n) is 11.2. The van der Waals surface area contributed by atoms with Crippen molar-refractivity contribution in [3.05, 3.63) is 47.2 Å². The molecule has 1 aliphatic carbocycles. The molecule has 0 radical (unpaired) electrons. The highest BCUT2D eigenvalue weighted by atomic mass is 32.1. The van der Waals surface area contributed by atoms with Crippen LogP contribution in [0.15, 0.2) is 36.0 Å². The Morgan fingerprint density at radius 3 is 2.77 bits per heavy atom. The molecule has 3 aromatic heterocycles. The molecule has 1 saturated heterocycles. The number of rotatable bonds is 7. The van der Waals surface area contributed by atoms with Crippen LogP contribution in [0.5, 0.6) is 0 Å². The van der Waals surface area contributed by atoms with Crippen molar-refractivity contribution < 1.29 is 4.79 Å². The first-order chi connectivity index (χ1) is 15.2. The van der Waals surface area contributed by atoms with Gasteiger partial charge in [-0.1, -0.05) is 19.9 Å². The third-order valence-corrected chi connectivity index (χ3v) is 7.28. The zero-order valence-corrected chi connectivity index (χ0v) is 18.9. The fourth-order valence-electron chi connectivity index (χ4n) is 4.58. The molecule has 0 N–H and O–H groups in total. The van der Waals surface area contributed by atoms with Crippen LogP contribution in [0.3, 0.4) is 0 Å². The molecule has 0 bridgehead atoms. The van der Waals surface area contributed by atoms with Crippen LogP contribution in [-0.2, 0) is 0 Å². The summed E-state index contributed by atoms with van der Waals surface area (Å²) in [6.07, 6.45) is 6.69. The normalized spacial score (nSPS) is 18.8. The summed E-state index contributed by atoms with van der Waals surface area (Å²) < 4.78 is 1.79. The van der Waals surface area contributed by atoms with Gasteiger partial charge in [-0.3, -0.25) is 9.69 Å². The second-order valence-corrected chi connectivity index (χ2v) is 9.21. The zero-order valence-electron chi connectivity index (χ0n) is 18.1. The van der Waals surface area contributed by atoms with Gasteiger partial charge in [0.2, 0.25) is 0 Å². The second kappa shape index (κ2) is 8.51. The number of thiophene rings is 1. The fourth-order valence-corrected chi connectivity index (χ4v) is 5.27. The zero-order chi connectivity index (χ0) is 21.4. The first-order valence-corrected chi connectivity index (χ1v) is 12.1. The quantitative estimate of drug-likeness (QED) is 0.563. The van der Waals surface area contributed by atoms with E-state index in [9.17, 15) is 4.79 Å². The van der Waals surface area contributed by atoms with Gasteiger partial charge in [-0.15, -0.1) is 11.3 Å². The van der Waals surface area contributed by atoms with E-state index in [0.29, 0.717) is 23.5 Å². The minimum absolute atomic E-state index is 0.0946. The topological polar surface area (TPSA) is 67.2 Å². The molecule has 31 heavy (non-hydrogen) atoms. The van der Waals surface area contributed by atoms with Crippen molar-refractivity contribution in [3.8, 4) is 16.5 Å². The van der Waals surface area contributed by atoms with E-state index < -0.39 is 0 Å². The molecule has 7 nitrogen and oxygen atoms in total. The Morgan fingerprint density at radius 2 is 2.06 bits per heavy atom. The van der Waals surface area contributed by atoms with Gasteiger partial charge in [-0.05, 0) is 49.9 Å². The average molecular weight is 437 g/mol. The van der Waals surface area contributed by atoms with E-state index in [1.165, 1.54) is 0 Å². The third-order valence-electron chi connectivity index (χ3n) is 6.39. The Labute approximate surface area is 186 Å². The number of hydrogen-bond donors (Lipinski definition) is 0. The highest BCUT2D eigenvalue weighted by Crippen LogP contribution is 2.42. The Bertz CT molecular complexity index is 1050. The molecule has 0 spiro atoms. The van der Waals surface area contributed by atoms with Gasteiger partial charge in [-0.25, -0.2) is 14.6 Å². The molecule has 1 atom stereocenters. The maximum Gasteiger partial charge on any atom is 0.257 e. The van der Waals surface area contributed by atoms with Gasteiger partial charge in [0.15, 0.2) is 0 Å². The van der Waals surface area contributed by atoms with Crippen molar-refractivity contribution in [3.63, 3.8) is 0 Å². The Balaban J connectivity index is 1.44. The van der Waals surface area contributed by atoms with Crippen molar-refractivity contribution in [2.45, 2.75) is 45.1 Å². The fraction of sp³-hybridized carbons (Fsp3) is 0.478. The van der Waals surface area contributed by atoms with Crippen LogP contribution < -0.4 is 0 Å². The van der Waals surface area contributed by atoms with Crippen molar-refractivity contribution in [1.29, 1.82) is 0 Å². The van der Waals surface area contributed by atoms with E-state index in [2.05, 4.69) is 34.9 Å². The van der Waals surface area contributed by atoms with Gasteiger partial charge < -0.3 is 4.90 Å². The van der Waals surface area contributed by atoms with Gasteiger partial charge in [-0.2, -0.15) is 5.10 Å². The summed E-state index contributed by atoms with van der Waals surface area (Å²) in [5.74, 6) is 0.989. The van der Waals surface area contributed by atoms with Crippen LogP contribution in [0.4, 0.5) is 0 Å². The average Bonchev–Trinajstić information content (AvgIpc) is 3.21. The standard InChI is InChI=1S/C23H28N6OS/c1-3-27(4-2)17-10-12-28(15-17)22(30)18-14-25-29(21(18)16-7-8-16)23-24-11-9-19(26-23)20-6-5-13-31-20/h5-6,9,11,13-14,16-17H,3-4,7-8,10,12,15H2,1-2H3/t17-/m0/s1. The summed E-state index contributed by atoms with van der Waals surface area (Å²) in [6, 6.07) is 6.43. The largest absolute Gasteiger partial charge is 0.337 e. The summed E-state index contributed by atoms with van der Waals surface area (Å²) in [7, 11) is 0. The van der Waals surface area contributed by atoms with Crippen molar-refractivity contribution >= 4 is 17.2 Å². The number of carbonyl (C=O) groups excluding carboxylic acids is 1. The summed E-state index contributed by atoms with van der Waals surface area (Å²) in [5, 5.41) is 6.63. The monoisotopic (exact) mass is 436 g/mol. The number of likely N-dealkylation sites (tertiary alicyclic amines) is 1. The maximum atomic E-state index is 13.5. The molecular weight excluding hydrogens is 408 g/mol. The van der Waals surface area contributed by atoms with E-state index in [-0.39, 0.29) is 5.91 Å². The number of likely N-dealkylation sites (N-methyl/N-ethyl adjacent to an activating group) is 1. The Hall–Kier alpha value is -2.58. The van der Waals surface area contributed by atoms with Gasteiger partial charge in [0.05, 0.1) is 28.0 Å². The van der Waals surface area contributed by atoms with E-state index in [0.717, 1.165) is 61.7 Å². The molecule has 0 unspecified atom stereocenters. The summed E-state index contributed by atoms with van der Waals surface area (Å²) >= 11 is 1.65. The van der Waals surface area contributed by atoms with E-state index in [1.54, 1.807) is 28.4 Å². The van der Waals surface area contributed by atoms with Crippen LogP contribution in [0.2, 0.25) is 0 Å². The van der Waals surface area contributed by atoms with Crippen LogP contribution in [-0.4, -0.2) is 67.7 Å². The summed E-state index contributed by atoms with van der Waals surface area (Å²) in [4.78, 5) is 28.2. The first kappa shape index (κ1) is 20.3. The number of nitrogens with zero attached hydrogens (tertiary/aromatic N) is 6. The molecule has 162 valence electrons. The molecule has 1 aliphatic heterocycles. The molecule has 2 aliphatic rings. The lowest BCUT2D eigenvalue weighted by atomic mass is 10.1. The van der Waals surface area contributed by atoms with E-state index >= 15 is 0 Å². The molecular formula is C23H28N6OS. The SMILES string of the molecule is CCN(CC)[C@H]1CCN(C(=O)c2cnn(-c3nccc(-c4cccs4)n3)c2C2CC2)C1. The van der Waals surface area contributed by atoms with Gasteiger partial charge in [0.1, 0.15) is 0 Å². The molecule has 1 saturated carbocycles. The van der Waals surface area contributed by atoms with Crippen LogP contribution in [0.1, 0.15) is 55.1 Å². The van der Waals surface area contributed by atoms with Gasteiger partial charge >= 0.3 is 0 Å². The van der Waals surface area contributed by atoms with Crippen LogP contribution >= 0.6 is 11.3 Å². The molecule has 0 aromatic carbocycles. The molecule has 2 fully saturated rings. The second-order valence-electron chi connectivity index (χ2n) is 8.26. The predicted octanol–water partition coefficient (Wildman–Crippen LogP) is 3.82. The minimum atomic E-state index is 0.0946. The number of carbonyl (C=O) groups is 1. The smallest absolute Gasteiger partial charge is 0.257 e. The lowest BCUT2D eigenvalue weighted by molar-refractivity contribution is 0.0776. The molecule has 3 aromatic rings. The Kier molecular flexibility index (Phi) is 5.58. The van der Waals surface area contributed by atoms with E-state index in [1.807, 2.05) is 22.4 Å². The van der Waals surface area contributed by atoms with Gasteiger partial charge in [0, 0.05) is 31.2 Å². The van der Waals surface area contributed by atoms with E-state index in [4.69, 9.17) is 4.98 Å². The highest BCUT2D eigenvalue weighted by molar-refractivity contribution is 7.13. The maximum absolute atomic E-state index is 13.5. The highest BCUT2D eigenvalue weighted by Gasteiger charge is 2.37. The number of amides is 1. The molecule has 8 heteroatoms. The van der Waals surface area contributed by atoms with Crippen molar-refractivity contribution in [2.75, 3.05) is 26.2 Å². The Morgan fingerprint density at radius 1 is 1.23 bits per heavy atom. The van der Waals surface area contributed by atoms with Crippen LogP contribution in [0.25, 0.3) is 16.5 Å². The van der Waals surface area contributed by atoms with Crippen LogP contribution in [0, 0.1) is 0 Å². The predicted molar refractivity (Wildman–Crippen MR) is 122 cm³/mol. The van der Waals surface area contributed by atoms with Gasteiger partial charge in [0.25, 0.3) is 11.9 Å². The molecule has 5 rings (SSSR count). The lowest BCUT2D eigenvalue weighted by Gasteiger charge is -2.26. The molecule has 4 heterocycles. The lowest BCUT2D eigenvalue weighted by Crippen LogP contribution is -2.38. The van der Waals surface area contributed by atoms with Crippen molar-refractivity contribution in [1.82, 2.24) is 29.5 Å². The summed E-state index contributed by atoms with van der Waals surface area (Å²) in [5.41, 5.74) is 2.57. The minimum Gasteiger partial charge on any atom is -0.337 e. The van der Waals surface area contributed by atoms with Crippen molar-refractivity contribution in [2.24, 2.45) is 0 Å². The molecule has 1 amide bonds. The third kappa shape index (κ3) is 3.90. The number of aromatic nitrogens is 4.